The molecular formula is C23H23F6N3O8S2. The van der Waals surface area contributed by atoms with Crippen molar-refractivity contribution in [1.82, 2.24) is 4.72 Å². The van der Waals surface area contributed by atoms with E-state index in [1.807, 2.05) is 0 Å². The highest BCUT2D eigenvalue weighted by atomic mass is 32.2. The van der Waals surface area contributed by atoms with Crippen LogP contribution in [0.5, 0.6) is 5.75 Å². The zero-order valence-electron chi connectivity index (χ0n) is 21.8. The fraction of sp³-hybridized carbons (Fsp3) is 0.391. The number of carbonyl (C=O) groups is 2. The van der Waals surface area contributed by atoms with Crippen LogP contribution in [0.25, 0.3) is 0 Å². The molecule has 2 amide bonds. The number of amides is 2. The Morgan fingerprint density at radius 3 is 2.21 bits per heavy atom. The fourth-order valence-electron chi connectivity index (χ4n) is 3.56. The number of fused-ring (bicyclic) bond motifs is 1. The average molecular weight is 648 g/mol. The van der Waals surface area contributed by atoms with Crippen molar-refractivity contribution in [3.63, 3.8) is 0 Å². The van der Waals surface area contributed by atoms with Gasteiger partial charge < -0.3 is 9.47 Å². The van der Waals surface area contributed by atoms with E-state index < -0.39 is 78.9 Å². The number of alkyl halides is 6. The molecule has 0 radical (unpaired) electrons. The SMILES string of the molecule is CC(C)(C)OC(=O)Nc1ccc2c(c1)N(S(=O)(=O)c1cccc(C(F)(F)F)c1)CC(CC(=O)NS(=O)(=O)C(F)(F)F)O2. The van der Waals surface area contributed by atoms with Gasteiger partial charge in [0.15, 0.2) is 0 Å². The highest BCUT2D eigenvalue weighted by molar-refractivity contribution is 7.92. The molecule has 11 nitrogen and oxygen atoms in total. The third-order valence-electron chi connectivity index (χ3n) is 5.25. The Kier molecular flexibility index (Phi) is 8.71. The van der Waals surface area contributed by atoms with E-state index in [4.69, 9.17) is 9.47 Å². The molecule has 0 aromatic heterocycles. The molecule has 0 bridgehead atoms. The minimum atomic E-state index is -6.09. The van der Waals surface area contributed by atoms with Crippen LogP contribution >= 0.6 is 0 Å². The molecule has 2 aromatic rings. The number of halogens is 6. The lowest BCUT2D eigenvalue weighted by Gasteiger charge is -2.35. The average Bonchev–Trinajstić information content (AvgIpc) is 2.81. The minimum Gasteiger partial charge on any atom is -0.486 e. The van der Waals surface area contributed by atoms with Crippen molar-refractivity contribution in [2.24, 2.45) is 0 Å². The number of rotatable bonds is 6. The van der Waals surface area contributed by atoms with Gasteiger partial charge in [-0.15, -0.1) is 0 Å². The van der Waals surface area contributed by atoms with Gasteiger partial charge in [0.25, 0.3) is 10.0 Å². The fourth-order valence-corrected chi connectivity index (χ4v) is 5.61. The number of nitrogens with one attached hydrogen (secondary N) is 2. The number of benzene rings is 2. The van der Waals surface area contributed by atoms with Crippen molar-refractivity contribution in [3.05, 3.63) is 48.0 Å². The molecule has 1 atom stereocenters. The lowest BCUT2D eigenvalue weighted by atomic mass is 10.1. The largest absolute Gasteiger partial charge is 0.516 e. The first-order valence-electron chi connectivity index (χ1n) is 11.6. The van der Waals surface area contributed by atoms with Crippen LogP contribution in [-0.4, -0.2) is 52.6 Å². The Labute approximate surface area is 235 Å². The molecule has 1 heterocycles. The van der Waals surface area contributed by atoms with Crippen LogP contribution in [0, 0.1) is 0 Å². The predicted molar refractivity (Wildman–Crippen MR) is 134 cm³/mol. The summed E-state index contributed by atoms with van der Waals surface area (Å²) in [5, 5.41) is 2.35. The smallest absolute Gasteiger partial charge is 0.486 e. The van der Waals surface area contributed by atoms with Gasteiger partial charge in [0.2, 0.25) is 5.91 Å². The Hall–Kier alpha value is -3.74. The van der Waals surface area contributed by atoms with Gasteiger partial charge in [-0.05, 0) is 57.2 Å². The summed E-state index contributed by atoms with van der Waals surface area (Å²) in [4.78, 5) is 23.5. The van der Waals surface area contributed by atoms with Gasteiger partial charge in [0.05, 0.1) is 29.1 Å². The molecule has 0 fully saturated rings. The van der Waals surface area contributed by atoms with Crippen LogP contribution in [0.3, 0.4) is 0 Å². The summed E-state index contributed by atoms with van der Waals surface area (Å²) >= 11 is 0. The standard InChI is InChI=1S/C23H23F6N3O8S2/c1-21(2,3)40-20(34)30-14-7-8-18-17(10-14)32(41(35,36)16-6-4-5-13(9-16)22(24,25)26)12-15(39-18)11-19(33)31-42(37,38)23(27,28)29/h4-10,15H,11-12H2,1-3H3,(H,30,34)(H,31,33). The molecule has 0 spiro atoms. The van der Waals surface area contributed by atoms with Gasteiger partial charge in [-0.3, -0.25) is 14.4 Å². The zero-order chi connectivity index (χ0) is 31.9. The van der Waals surface area contributed by atoms with Crippen molar-refractivity contribution in [1.29, 1.82) is 0 Å². The third kappa shape index (κ3) is 7.75. The molecule has 1 aliphatic heterocycles. The summed E-state index contributed by atoms with van der Waals surface area (Å²) in [5.41, 5.74) is -8.39. The Bertz CT molecular complexity index is 1590. The third-order valence-corrected chi connectivity index (χ3v) is 8.13. The van der Waals surface area contributed by atoms with E-state index in [-0.39, 0.29) is 17.1 Å². The maximum atomic E-state index is 13.6. The Morgan fingerprint density at radius 1 is 1.00 bits per heavy atom. The van der Waals surface area contributed by atoms with Gasteiger partial charge in [0.1, 0.15) is 17.5 Å². The van der Waals surface area contributed by atoms with Crippen molar-refractivity contribution in [2.75, 3.05) is 16.2 Å². The van der Waals surface area contributed by atoms with Gasteiger partial charge >= 0.3 is 27.8 Å². The van der Waals surface area contributed by atoms with E-state index in [2.05, 4.69) is 5.32 Å². The first-order valence-corrected chi connectivity index (χ1v) is 14.5. The summed E-state index contributed by atoms with van der Waals surface area (Å²) in [5.74, 6) is -2.00. The number of anilines is 2. The maximum absolute atomic E-state index is 13.6. The van der Waals surface area contributed by atoms with Crippen molar-refractivity contribution in [2.45, 2.75) is 55.5 Å². The lowest BCUT2D eigenvalue weighted by Crippen LogP contribution is -2.47. The number of ether oxygens (including phenoxy) is 2. The van der Waals surface area contributed by atoms with Crippen LogP contribution in [-0.2, 0) is 35.8 Å². The molecule has 42 heavy (non-hydrogen) atoms. The van der Waals surface area contributed by atoms with Gasteiger partial charge in [-0.25, -0.2) is 17.9 Å². The maximum Gasteiger partial charge on any atom is 0.516 e. The second-order valence-electron chi connectivity index (χ2n) is 9.79. The molecule has 2 N–H and O–H groups in total. The van der Waals surface area contributed by atoms with Crippen molar-refractivity contribution < 1.29 is 62.2 Å². The summed E-state index contributed by atoms with van der Waals surface area (Å²) in [6, 6.07) is 6.09. The number of hydrogen-bond donors (Lipinski definition) is 2. The number of sulfonamides is 2. The van der Waals surface area contributed by atoms with E-state index >= 15 is 0 Å². The molecule has 232 valence electrons. The molecule has 2 aromatic carbocycles. The second-order valence-corrected chi connectivity index (χ2v) is 13.3. The number of carbonyl (C=O) groups excluding carboxylic acids is 2. The van der Waals surface area contributed by atoms with Crippen LogP contribution < -0.4 is 19.1 Å². The van der Waals surface area contributed by atoms with Crippen LogP contribution in [0.1, 0.15) is 32.8 Å². The quantitative estimate of drug-likeness (QED) is 0.440. The van der Waals surface area contributed by atoms with Gasteiger partial charge in [-0.2, -0.15) is 34.8 Å². The van der Waals surface area contributed by atoms with Gasteiger partial charge in [-0.1, -0.05) is 6.07 Å². The molecule has 3 rings (SSSR count). The van der Waals surface area contributed by atoms with E-state index in [1.54, 1.807) is 20.8 Å². The van der Waals surface area contributed by atoms with Gasteiger partial charge in [0, 0.05) is 5.69 Å². The predicted octanol–water partition coefficient (Wildman–Crippen LogP) is 4.36. The second kappa shape index (κ2) is 11.2. The van der Waals surface area contributed by atoms with E-state index in [9.17, 15) is 52.8 Å². The Morgan fingerprint density at radius 2 is 1.64 bits per heavy atom. The Balaban J connectivity index is 2.02. The number of nitrogens with zero attached hydrogens (tertiary/aromatic N) is 1. The highest BCUT2D eigenvalue weighted by Crippen LogP contribution is 2.40. The number of hydrogen-bond acceptors (Lipinski definition) is 8. The van der Waals surface area contributed by atoms with Crippen LogP contribution in [0.4, 0.5) is 42.5 Å². The van der Waals surface area contributed by atoms with E-state index in [0.717, 1.165) is 29.0 Å². The minimum absolute atomic E-state index is 0.0386. The summed E-state index contributed by atoms with van der Waals surface area (Å²) in [6.45, 7) is 3.88. The molecule has 19 heteroatoms. The highest BCUT2D eigenvalue weighted by Gasteiger charge is 2.47. The molecule has 1 unspecified atom stereocenters. The molecule has 0 saturated heterocycles. The van der Waals surface area contributed by atoms with Crippen molar-refractivity contribution in [3.8, 4) is 5.75 Å². The molecule has 1 aliphatic rings. The van der Waals surface area contributed by atoms with Crippen molar-refractivity contribution >= 4 is 43.4 Å². The first kappa shape index (κ1) is 32.8. The molecule has 0 aliphatic carbocycles. The normalized spacial score (nSPS) is 16.2. The van der Waals surface area contributed by atoms with Crippen LogP contribution in [0.2, 0.25) is 0 Å². The van der Waals surface area contributed by atoms with E-state index in [0.29, 0.717) is 16.4 Å². The summed E-state index contributed by atoms with van der Waals surface area (Å²) in [7, 11) is -11.0. The van der Waals surface area contributed by atoms with E-state index in [1.165, 1.54) is 6.07 Å². The zero-order valence-corrected chi connectivity index (χ0v) is 23.5. The van der Waals surface area contributed by atoms with Crippen LogP contribution in [0.15, 0.2) is 47.4 Å². The topological polar surface area (TPSA) is 148 Å². The summed E-state index contributed by atoms with van der Waals surface area (Å²) in [6.07, 6.45) is -8.54. The molecule has 0 saturated carbocycles. The first-order chi connectivity index (χ1) is 19.0. The monoisotopic (exact) mass is 647 g/mol. The molecular weight excluding hydrogens is 624 g/mol. The summed E-state index contributed by atoms with van der Waals surface area (Å²) < 4.78 is 140. The lowest BCUT2D eigenvalue weighted by molar-refractivity contribution is -0.137.